The first-order chi connectivity index (χ1) is 13.2. The lowest BCUT2D eigenvalue weighted by molar-refractivity contribution is 0.0566. The highest BCUT2D eigenvalue weighted by Crippen LogP contribution is 2.19. The lowest BCUT2D eigenvalue weighted by Crippen LogP contribution is -2.51. The van der Waals surface area contributed by atoms with Gasteiger partial charge in [-0.2, -0.15) is 9.97 Å². The number of hydrogen-bond donors (Lipinski definition) is 4. The zero-order chi connectivity index (χ0) is 20.8. The van der Waals surface area contributed by atoms with E-state index in [2.05, 4.69) is 30.4 Å². The summed E-state index contributed by atoms with van der Waals surface area (Å²) >= 11 is 21.5. The smallest absolute Gasteiger partial charge is 0.247 e. The Morgan fingerprint density at radius 1 is 0.793 bits per heavy atom. The topological polar surface area (TPSA) is 176 Å². The Morgan fingerprint density at radius 2 is 1.28 bits per heavy atom. The third-order valence-corrected chi connectivity index (χ3v) is 4.24. The van der Waals surface area contributed by atoms with Crippen LogP contribution in [0.4, 0.5) is 17.6 Å². The van der Waals surface area contributed by atoms with Crippen LogP contribution in [0, 0.1) is 0 Å². The third kappa shape index (κ3) is 8.01. The number of rotatable bonds is 1. The van der Waals surface area contributed by atoms with Crippen LogP contribution in [-0.4, -0.2) is 83.4 Å². The van der Waals surface area contributed by atoms with Crippen molar-refractivity contribution in [3.05, 3.63) is 15.6 Å². The molecule has 6 N–H and O–H groups in total. The summed E-state index contributed by atoms with van der Waals surface area (Å²) in [7, 11) is 0. The Morgan fingerprint density at radius 3 is 1.62 bits per heavy atom. The zero-order valence-corrected chi connectivity index (χ0v) is 17.1. The third-order valence-electron chi connectivity index (χ3n) is 3.27. The van der Waals surface area contributed by atoms with Gasteiger partial charge in [-0.3, -0.25) is 0 Å². The average molecular weight is 490 g/mol. The minimum absolute atomic E-state index is 0. The normalized spacial score (nSPS) is 16.3. The fourth-order valence-corrected chi connectivity index (χ4v) is 2.38. The molecular formula is C13H20Cl4N10O2. The Balaban J connectivity index is 0.000000230. The quantitative estimate of drug-likeness (QED) is 0.408. The van der Waals surface area contributed by atoms with Gasteiger partial charge in [0.25, 0.3) is 0 Å². The summed E-state index contributed by atoms with van der Waals surface area (Å²) < 4.78 is 1.55. The number of β-amino-alcohol motifs (C(OH)–C–C–N with tert-alkyl or cyclic N) is 2. The first-order valence-electron chi connectivity index (χ1n) is 7.64. The van der Waals surface area contributed by atoms with Gasteiger partial charge in [-0.05, 0) is 23.4 Å². The van der Waals surface area contributed by atoms with Crippen LogP contribution in [0.25, 0.3) is 0 Å². The zero-order valence-electron chi connectivity index (χ0n) is 14.1. The number of nitrogens with two attached hydrogens (primary N) is 2. The molecule has 2 aliphatic heterocycles. The van der Waals surface area contributed by atoms with Crippen molar-refractivity contribution in [1.29, 1.82) is 0 Å². The van der Waals surface area contributed by atoms with Gasteiger partial charge in [-0.1, -0.05) is 30.6 Å². The molecule has 2 aromatic heterocycles. The number of aromatic nitrogens is 6. The van der Waals surface area contributed by atoms with E-state index in [4.69, 9.17) is 68.3 Å². The van der Waals surface area contributed by atoms with Gasteiger partial charge in [0.1, 0.15) is 0 Å². The van der Waals surface area contributed by atoms with Crippen molar-refractivity contribution >= 4 is 64.2 Å². The summed E-state index contributed by atoms with van der Waals surface area (Å²) in [6.07, 6.45) is -0.469. The van der Waals surface area contributed by atoms with E-state index in [0.717, 1.165) is 0 Å². The van der Waals surface area contributed by atoms with Crippen molar-refractivity contribution in [1.82, 2.24) is 34.8 Å². The van der Waals surface area contributed by atoms with Gasteiger partial charge >= 0.3 is 0 Å². The molecule has 4 rings (SSSR count). The van der Waals surface area contributed by atoms with Crippen molar-refractivity contribution in [3.8, 4) is 0 Å². The van der Waals surface area contributed by atoms with Gasteiger partial charge in [-0.25, -0.2) is 4.42 Å². The van der Waals surface area contributed by atoms with E-state index < -0.39 is 0 Å². The largest absolute Gasteiger partial charge is 0.390 e. The Hall–Kier alpha value is -1.54. The summed E-state index contributed by atoms with van der Waals surface area (Å²) in [4.78, 5) is 9.20. The van der Waals surface area contributed by atoms with Crippen molar-refractivity contribution in [2.24, 2.45) is 0 Å². The van der Waals surface area contributed by atoms with Crippen LogP contribution in [0.3, 0.4) is 0 Å². The second-order valence-corrected chi connectivity index (χ2v) is 7.12. The minimum atomic E-state index is -0.305. The second kappa shape index (κ2) is 11.6. The van der Waals surface area contributed by atoms with Gasteiger partial charge in [0, 0.05) is 26.2 Å². The number of halogens is 4. The van der Waals surface area contributed by atoms with E-state index in [0.29, 0.717) is 32.1 Å². The summed E-state index contributed by atoms with van der Waals surface area (Å²) in [5, 5.41) is 31.7. The standard InChI is InChI=1S/C6H8ClN5O.C3H2Cl2N4.C3H6ClNO.CH4/c7-4-5(8)9-6(11-10-4)12-1-3(13)2-12;4-1-2(6)7-3(5)9-8-1;4-5-1-3(6)2-5;/h3,13H,1-2H2,(H2,8,9,11);(H2,6,7,9);3,6H,1-2H2;1H4. The molecule has 0 atom stereocenters. The van der Waals surface area contributed by atoms with Crippen LogP contribution in [0.15, 0.2) is 0 Å². The monoisotopic (exact) mass is 488 g/mol. The maximum Gasteiger partial charge on any atom is 0.247 e. The van der Waals surface area contributed by atoms with Gasteiger partial charge < -0.3 is 26.6 Å². The molecule has 12 nitrogen and oxygen atoms in total. The first kappa shape index (κ1) is 25.5. The minimum Gasteiger partial charge on any atom is -0.390 e. The summed E-state index contributed by atoms with van der Waals surface area (Å²) in [5.41, 5.74) is 10.6. The second-order valence-electron chi connectivity index (χ2n) is 5.59. The molecule has 2 aliphatic rings. The molecule has 16 heteroatoms. The van der Waals surface area contributed by atoms with Crippen molar-refractivity contribution < 1.29 is 10.2 Å². The molecular weight excluding hydrogens is 470 g/mol. The number of hydrogen-bond acceptors (Lipinski definition) is 12. The molecule has 0 spiro atoms. The summed E-state index contributed by atoms with van der Waals surface area (Å²) in [5.74, 6) is 0.664. The van der Waals surface area contributed by atoms with E-state index in [9.17, 15) is 0 Å². The van der Waals surface area contributed by atoms with Gasteiger partial charge in [0.15, 0.2) is 21.9 Å². The molecule has 2 fully saturated rings. The van der Waals surface area contributed by atoms with Crippen LogP contribution >= 0.6 is 46.6 Å². The predicted molar refractivity (Wildman–Crippen MR) is 112 cm³/mol. The molecule has 0 saturated carbocycles. The molecule has 0 aliphatic carbocycles. The molecule has 162 valence electrons. The Bertz CT molecular complexity index is 786. The molecule has 0 radical (unpaired) electrons. The van der Waals surface area contributed by atoms with Gasteiger partial charge in [0.2, 0.25) is 11.2 Å². The van der Waals surface area contributed by atoms with Crippen molar-refractivity contribution in [2.45, 2.75) is 19.6 Å². The SMILES string of the molecule is C.Nc1nc(Cl)nnc1Cl.Nc1nc(N2CC(O)C2)nnc1Cl.OC1CN(Cl)C1. The molecule has 0 unspecified atom stereocenters. The van der Waals surface area contributed by atoms with Crippen molar-refractivity contribution in [3.63, 3.8) is 0 Å². The van der Waals surface area contributed by atoms with Crippen LogP contribution < -0.4 is 16.4 Å². The maximum absolute atomic E-state index is 9.03. The van der Waals surface area contributed by atoms with Gasteiger partial charge in [0.05, 0.1) is 12.2 Å². The maximum atomic E-state index is 9.03. The molecule has 0 amide bonds. The van der Waals surface area contributed by atoms with Crippen LogP contribution in [0.5, 0.6) is 0 Å². The number of anilines is 3. The van der Waals surface area contributed by atoms with E-state index in [1.165, 1.54) is 0 Å². The first-order valence-corrected chi connectivity index (χ1v) is 9.11. The lowest BCUT2D eigenvalue weighted by Gasteiger charge is -2.35. The molecule has 2 aromatic rings. The fraction of sp³-hybridized carbons (Fsp3) is 0.538. The van der Waals surface area contributed by atoms with Crippen LogP contribution in [0.1, 0.15) is 7.43 Å². The Labute approximate surface area is 186 Å². The summed E-state index contributed by atoms with van der Waals surface area (Å²) in [6, 6.07) is 0. The van der Waals surface area contributed by atoms with Crippen LogP contribution in [-0.2, 0) is 0 Å². The highest BCUT2D eigenvalue weighted by atomic mass is 35.5. The number of nitrogen functional groups attached to an aromatic ring is 2. The highest BCUT2D eigenvalue weighted by Gasteiger charge is 2.27. The molecule has 0 bridgehead atoms. The number of aliphatic hydroxyl groups excluding tert-OH is 2. The van der Waals surface area contributed by atoms with E-state index in [1.807, 2.05) is 0 Å². The Kier molecular flexibility index (Phi) is 10.2. The molecule has 4 heterocycles. The van der Waals surface area contributed by atoms with E-state index in [1.54, 1.807) is 9.32 Å². The van der Waals surface area contributed by atoms with Crippen LogP contribution in [0.2, 0.25) is 15.6 Å². The molecule has 2 saturated heterocycles. The lowest BCUT2D eigenvalue weighted by atomic mass is 10.2. The van der Waals surface area contributed by atoms with E-state index in [-0.39, 0.29) is 46.9 Å². The predicted octanol–water partition coefficient (Wildman–Crippen LogP) is 0.501. The summed E-state index contributed by atoms with van der Waals surface area (Å²) in [6.45, 7) is 2.29. The number of nitrogens with zero attached hydrogens (tertiary/aromatic N) is 8. The van der Waals surface area contributed by atoms with Crippen molar-refractivity contribution in [2.75, 3.05) is 42.5 Å². The highest BCUT2D eigenvalue weighted by molar-refractivity contribution is 6.32. The average Bonchev–Trinajstić information content (AvgIpc) is 2.58. The molecule has 0 aromatic carbocycles. The fourth-order valence-electron chi connectivity index (χ4n) is 1.78. The van der Waals surface area contributed by atoms with E-state index >= 15 is 0 Å². The number of aliphatic hydroxyl groups is 2. The van der Waals surface area contributed by atoms with Gasteiger partial charge in [-0.15, -0.1) is 20.4 Å². The molecule has 29 heavy (non-hydrogen) atoms.